The number of rotatable bonds is 6. The molecule has 0 saturated heterocycles. The van der Waals surface area contributed by atoms with Crippen LogP contribution in [0, 0.1) is 6.92 Å². The second-order valence-electron chi connectivity index (χ2n) is 6.19. The molecule has 134 valence electrons. The molecule has 1 amide bonds. The second kappa shape index (κ2) is 7.93. The van der Waals surface area contributed by atoms with E-state index >= 15 is 0 Å². The third-order valence-electron chi connectivity index (χ3n) is 3.91. The monoisotopic (exact) mass is 351 g/mol. The van der Waals surface area contributed by atoms with Gasteiger partial charge in [-0.15, -0.1) is 10.2 Å². The predicted molar refractivity (Wildman–Crippen MR) is 98.7 cm³/mol. The maximum Gasteiger partial charge on any atom is 0.251 e. The summed E-state index contributed by atoms with van der Waals surface area (Å²) >= 11 is 0. The molecule has 26 heavy (non-hydrogen) atoms. The zero-order valence-corrected chi connectivity index (χ0v) is 15.0. The lowest BCUT2D eigenvalue weighted by Crippen LogP contribution is -2.35. The number of hydrogen-bond acceptors (Lipinski definition) is 5. The number of amides is 1. The maximum absolute atomic E-state index is 12.2. The van der Waals surface area contributed by atoms with E-state index in [0.717, 1.165) is 11.1 Å². The first-order valence-electron chi connectivity index (χ1n) is 8.37. The van der Waals surface area contributed by atoms with E-state index in [2.05, 4.69) is 15.5 Å². The Balaban J connectivity index is 1.73. The Hall–Kier alpha value is -2.99. The van der Waals surface area contributed by atoms with E-state index in [1.807, 2.05) is 38.1 Å². The van der Waals surface area contributed by atoms with Crippen LogP contribution in [-0.4, -0.2) is 35.9 Å². The SMILES string of the molecule is COCC(C)NC(=O)c1ccc(-c2nnc(-c3ccc(C)cc3)o2)cc1. The van der Waals surface area contributed by atoms with Crippen LogP contribution >= 0.6 is 0 Å². The number of nitrogens with one attached hydrogen (secondary N) is 1. The van der Waals surface area contributed by atoms with Crippen LogP contribution in [-0.2, 0) is 4.74 Å². The topological polar surface area (TPSA) is 77.2 Å². The molecule has 0 saturated carbocycles. The van der Waals surface area contributed by atoms with Crippen molar-refractivity contribution in [1.82, 2.24) is 15.5 Å². The summed E-state index contributed by atoms with van der Waals surface area (Å²) in [7, 11) is 1.60. The van der Waals surface area contributed by atoms with E-state index in [-0.39, 0.29) is 11.9 Å². The maximum atomic E-state index is 12.2. The Bertz CT molecular complexity index is 870. The molecule has 0 aliphatic carbocycles. The molecule has 1 heterocycles. The van der Waals surface area contributed by atoms with Gasteiger partial charge in [-0.3, -0.25) is 4.79 Å². The Morgan fingerprint density at radius 2 is 1.58 bits per heavy atom. The summed E-state index contributed by atoms with van der Waals surface area (Å²) < 4.78 is 10.8. The van der Waals surface area contributed by atoms with E-state index < -0.39 is 0 Å². The summed E-state index contributed by atoms with van der Waals surface area (Å²) in [5.41, 5.74) is 3.37. The van der Waals surface area contributed by atoms with Gasteiger partial charge in [-0.2, -0.15) is 0 Å². The van der Waals surface area contributed by atoms with Crippen molar-refractivity contribution in [2.75, 3.05) is 13.7 Å². The number of aromatic nitrogens is 2. The molecule has 3 rings (SSSR count). The van der Waals surface area contributed by atoms with Crippen LogP contribution < -0.4 is 5.32 Å². The first-order valence-corrected chi connectivity index (χ1v) is 8.37. The molecular formula is C20H21N3O3. The summed E-state index contributed by atoms with van der Waals surface area (Å²) in [5.74, 6) is 0.738. The normalized spacial score (nSPS) is 12.0. The third kappa shape index (κ3) is 4.15. The molecule has 0 radical (unpaired) electrons. The molecule has 0 bridgehead atoms. The third-order valence-corrected chi connectivity index (χ3v) is 3.91. The number of hydrogen-bond donors (Lipinski definition) is 1. The van der Waals surface area contributed by atoms with E-state index in [1.54, 1.807) is 31.4 Å². The van der Waals surface area contributed by atoms with Crippen molar-refractivity contribution in [1.29, 1.82) is 0 Å². The molecular weight excluding hydrogens is 330 g/mol. The Morgan fingerprint density at radius 3 is 2.12 bits per heavy atom. The molecule has 3 aromatic rings. The van der Waals surface area contributed by atoms with E-state index in [0.29, 0.717) is 24.0 Å². The van der Waals surface area contributed by atoms with Crippen LogP contribution in [0.25, 0.3) is 22.9 Å². The van der Waals surface area contributed by atoms with Gasteiger partial charge in [-0.25, -0.2) is 0 Å². The van der Waals surface area contributed by atoms with Gasteiger partial charge in [0, 0.05) is 29.8 Å². The first-order chi connectivity index (χ1) is 12.6. The first kappa shape index (κ1) is 17.8. The Morgan fingerprint density at radius 1 is 1.04 bits per heavy atom. The van der Waals surface area contributed by atoms with E-state index in [9.17, 15) is 4.79 Å². The van der Waals surface area contributed by atoms with Crippen LogP contribution in [0.1, 0.15) is 22.8 Å². The van der Waals surface area contributed by atoms with Crippen molar-refractivity contribution < 1.29 is 13.9 Å². The average molecular weight is 351 g/mol. The smallest absolute Gasteiger partial charge is 0.251 e. The summed E-state index contributed by atoms with van der Waals surface area (Å²) in [6, 6.07) is 14.9. The van der Waals surface area contributed by atoms with Crippen LogP contribution in [0.2, 0.25) is 0 Å². The molecule has 1 aromatic heterocycles. The van der Waals surface area contributed by atoms with Gasteiger partial charge in [0.25, 0.3) is 5.91 Å². The lowest BCUT2D eigenvalue weighted by atomic mass is 10.1. The molecule has 1 unspecified atom stereocenters. The number of methoxy groups -OCH3 is 1. The van der Waals surface area contributed by atoms with Gasteiger partial charge in [0.2, 0.25) is 11.8 Å². The van der Waals surface area contributed by atoms with Crippen LogP contribution in [0.3, 0.4) is 0 Å². The summed E-state index contributed by atoms with van der Waals surface area (Å²) in [6.45, 7) is 4.38. The van der Waals surface area contributed by atoms with Crippen LogP contribution in [0.15, 0.2) is 52.9 Å². The van der Waals surface area contributed by atoms with Gasteiger partial charge in [0.15, 0.2) is 0 Å². The minimum Gasteiger partial charge on any atom is -0.416 e. The second-order valence-corrected chi connectivity index (χ2v) is 6.19. The fourth-order valence-electron chi connectivity index (χ4n) is 2.52. The van der Waals surface area contributed by atoms with Crippen molar-refractivity contribution in [2.24, 2.45) is 0 Å². The largest absolute Gasteiger partial charge is 0.416 e. The van der Waals surface area contributed by atoms with Gasteiger partial charge >= 0.3 is 0 Å². The lowest BCUT2D eigenvalue weighted by Gasteiger charge is -2.12. The number of benzene rings is 2. The van der Waals surface area contributed by atoms with Crippen molar-refractivity contribution in [3.05, 3.63) is 59.7 Å². The van der Waals surface area contributed by atoms with E-state index in [4.69, 9.17) is 9.15 Å². The number of aryl methyl sites for hydroxylation is 1. The number of nitrogens with zero attached hydrogens (tertiary/aromatic N) is 2. The van der Waals surface area contributed by atoms with Gasteiger partial charge < -0.3 is 14.5 Å². The molecule has 1 N–H and O–H groups in total. The molecule has 0 aliphatic rings. The van der Waals surface area contributed by atoms with Crippen LogP contribution in [0.5, 0.6) is 0 Å². The molecule has 6 nitrogen and oxygen atoms in total. The fraction of sp³-hybridized carbons (Fsp3) is 0.250. The average Bonchev–Trinajstić information content (AvgIpc) is 3.12. The molecule has 0 aliphatic heterocycles. The van der Waals surface area contributed by atoms with Gasteiger partial charge in [0.1, 0.15) is 0 Å². The van der Waals surface area contributed by atoms with Gasteiger partial charge in [-0.05, 0) is 50.2 Å². The van der Waals surface area contributed by atoms with Gasteiger partial charge in [-0.1, -0.05) is 17.7 Å². The van der Waals surface area contributed by atoms with Gasteiger partial charge in [0.05, 0.1) is 6.61 Å². The number of carbonyl (C=O) groups excluding carboxylic acids is 1. The molecule has 0 spiro atoms. The minimum absolute atomic E-state index is 0.0554. The number of carbonyl (C=O) groups is 1. The quantitative estimate of drug-likeness (QED) is 0.736. The molecule has 6 heteroatoms. The number of ether oxygens (including phenoxy) is 1. The molecule has 0 fully saturated rings. The highest BCUT2D eigenvalue weighted by molar-refractivity contribution is 5.94. The molecule has 2 aromatic carbocycles. The standard InChI is InChI=1S/C20H21N3O3/c1-13-4-6-16(7-5-13)19-22-23-20(26-19)17-10-8-15(9-11-17)18(24)21-14(2)12-25-3/h4-11,14H,12H2,1-3H3,(H,21,24). The summed E-state index contributed by atoms with van der Waals surface area (Å²) in [5, 5.41) is 11.1. The van der Waals surface area contributed by atoms with Crippen molar-refractivity contribution in [2.45, 2.75) is 19.9 Å². The Kier molecular flexibility index (Phi) is 5.43. The summed E-state index contributed by atoms with van der Waals surface area (Å²) in [6.07, 6.45) is 0. The highest BCUT2D eigenvalue weighted by Crippen LogP contribution is 2.24. The van der Waals surface area contributed by atoms with Crippen LogP contribution in [0.4, 0.5) is 0 Å². The lowest BCUT2D eigenvalue weighted by molar-refractivity contribution is 0.0905. The minimum atomic E-state index is -0.146. The van der Waals surface area contributed by atoms with Crippen molar-refractivity contribution in [3.8, 4) is 22.9 Å². The zero-order valence-electron chi connectivity index (χ0n) is 15.0. The summed E-state index contributed by atoms with van der Waals surface area (Å²) in [4.78, 5) is 12.2. The van der Waals surface area contributed by atoms with Crippen molar-refractivity contribution >= 4 is 5.91 Å². The highest BCUT2D eigenvalue weighted by atomic mass is 16.5. The fourth-order valence-corrected chi connectivity index (χ4v) is 2.52. The highest BCUT2D eigenvalue weighted by Gasteiger charge is 2.13. The van der Waals surface area contributed by atoms with E-state index in [1.165, 1.54) is 5.56 Å². The molecule has 1 atom stereocenters. The van der Waals surface area contributed by atoms with Crippen molar-refractivity contribution in [3.63, 3.8) is 0 Å². The predicted octanol–water partition coefficient (Wildman–Crippen LogP) is 3.48. The zero-order chi connectivity index (χ0) is 18.5. The Labute approximate surface area is 152 Å².